The molecule has 1 aliphatic carbocycles. The Labute approximate surface area is 185 Å². The van der Waals surface area contributed by atoms with Gasteiger partial charge in [0.15, 0.2) is 0 Å². The third kappa shape index (κ3) is 5.27. The van der Waals surface area contributed by atoms with Crippen molar-refractivity contribution in [2.75, 3.05) is 5.32 Å². The summed E-state index contributed by atoms with van der Waals surface area (Å²) in [6.45, 7) is 0. The number of primary amides is 1. The summed E-state index contributed by atoms with van der Waals surface area (Å²) < 4.78 is 13.6. The normalized spacial score (nSPS) is 18.5. The lowest BCUT2D eigenvalue weighted by atomic mass is 9.92. The first-order chi connectivity index (χ1) is 15.0. The molecule has 0 aliphatic heterocycles. The number of nitrogens with one attached hydrogen (secondary N) is 1. The molecule has 160 valence electrons. The number of amides is 1. The molecule has 1 aliphatic rings. The monoisotopic (exact) mass is 436 g/mol. The Bertz CT molecular complexity index is 1080. The molecule has 0 aromatic heterocycles. The van der Waals surface area contributed by atoms with Crippen molar-refractivity contribution in [2.24, 2.45) is 5.73 Å². The zero-order valence-corrected chi connectivity index (χ0v) is 17.9. The predicted molar refractivity (Wildman–Crippen MR) is 123 cm³/mol. The van der Waals surface area contributed by atoms with Gasteiger partial charge in [-0.25, -0.2) is 4.39 Å². The number of nitrogens with two attached hydrogens (primary N) is 1. The Hall–Kier alpha value is -2.83. The first-order valence-corrected chi connectivity index (χ1v) is 11.2. The van der Waals surface area contributed by atoms with Gasteiger partial charge >= 0.3 is 0 Å². The van der Waals surface area contributed by atoms with Crippen molar-refractivity contribution >= 4 is 23.4 Å². The lowest BCUT2D eigenvalue weighted by Gasteiger charge is -2.28. The summed E-state index contributed by atoms with van der Waals surface area (Å²) in [4.78, 5) is 13.8. The highest BCUT2D eigenvalue weighted by Gasteiger charge is 2.21. The van der Waals surface area contributed by atoms with Gasteiger partial charge in [0, 0.05) is 21.5 Å². The molecule has 3 aromatic carbocycles. The second-order valence-corrected chi connectivity index (χ2v) is 8.95. The van der Waals surface area contributed by atoms with Gasteiger partial charge in [-0.1, -0.05) is 42.1 Å². The van der Waals surface area contributed by atoms with Crippen molar-refractivity contribution in [1.29, 1.82) is 0 Å². The highest BCUT2D eigenvalue weighted by atomic mass is 32.2. The molecule has 0 spiro atoms. The number of hydrogen-bond donors (Lipinski definition) is 3. The van der Waals surface area contributed by atoms with Crippen LogP contribution in [0, 0.1) is 5.82 Å². The number of aliphatic hydroxyl groups excluding tert-OH is 1. The van der Waals surface area contributed by atoms with Crippen LogP contribution in [0.15, 0.2) is 76.5 Å². The lowest BCUT2D eigenvalue weighted by molar-refractivity contribution is 0.100. The number of benzene rings is 3. The number of halogens is 1. The van der Waals surface area contributed by atoms with Crippen LogP contribution in [-0.2, 0) is 0 Å². The fraction of sp³-hybridized carbons (Fsp3) is 0.240. The molecular formula is C25H25FN2O2S. The molecule has 31 heavy (non-hydrogen) atoms. The van der Waals surface area contributed by atoms with Crippen molar-refractivity contribution in [2.45, 2.75) is 47.6 Å². The number of anilines is 1. The fourth-order valence-electron chi connectivity index (χ4n) is 3.94. The van der Waals surface area contributed by atoms with Crippen molar-refractivity contribution in [3.63, 3.8) is 0 Å². The molecular weight excluding hydrogens is 411 g/mol. The SMILES string of the molecule is NC(=O)c1ccc(-c2ccccc2Sc2cccc(F)c2)cc1N[C@H]1CC[C@H](O)CC1. The maximum atomic E-state index is 13.6. The van der Waals surface area contributed by atoms with Gasteiger partial charge in [0.2, 0.25) is 0 Å². The van der Waals surface area contributed by atoms with Gasteiger partial charge in [-0.05, 0) is 73.2 Å². The number of aliphatic hydroxyl groups is 1. The van der Waals surface area contributed by atoms with Crippen LogP contribution >= 0.6 is 11.8 Å². The molecule has 0 unspecified atom stereocenters. The number of carbonyl (C=O) groups is 1. The van der Waals surface area contributed by atoms with E-state index in [2.05, 4.69) is 5.32 Å². The summed E-state index contributed by atoms with van der Waals surface area (Å²) >= 11 is 1.50. The van der Waals surface area contributed by atoms with Crippen molar-refractivity contribution in [3.05, 3.63) is 78.1 Å². The molecule has 6 heteroatoms. The van der Waals surface area contributed by atoms with Gasteiger partial charge in [-0.2, -0.15) is 0 Å². The zero-order chi connectivity index (χ0) is 21.8. The van der Waals surface area contributed by atoms with Crippen molar-refractivity contribution < 1.29 is 14.3 Å². The summed E-state index contributed by atoms with van der Waals surface area (Å²) in [5.74, 6) is -0.746. The Balaban J connectivity index is 1.66. The van der Waals surface area contributed by atoms with E-state index in [0.717, 1.165) is 46.6 Å². The van der Waals surface area contributed by atoms with E-state index in [4.69, 9.17) is 5.73 Å². The molecule has 1 saturated carbocycles. The average Bonchev–Trinajstić information content (AvgIpc) is 2.75. The molecule has 4 N–H and O–H groups in total. The summed E-state index contributed by atoms with van der Waals surface area (Å²) in [7, 11) is 0. The Kier molecular flexibility index (Phi) is 6.59. The van der Waals surface area contributed by atoms with Crippen LogP contribution in [-0.4, -0.2) is 23.2 Å². The molecule has 1 fully saturated rings. The molecule has 0 saturated heterocycles. The topological polar surface area (TPSA) is 75.4 Å². The molecule has 4 nitrogen and oxygen atoms in total. The average molecular weight is 437 g/mol. The maximum absolute atomic E-state index is 13.6. The van der Waals surface area contributed by atoms with Crippen LogP contribution in [0.2, 0.25) is 0 Å². The van der Waals surface area contributed by atoms with Crippen molar-refractivity contribution in [3.8, 4) is 11.1 Å². The Morgan fingerprint density at radius 2 is 1.77 bits per heavy atom. The van der Waals surface area contributed by atoms with E-state index >= 15 is 0 Å². The third-order valence-corrected chi connectivity index (χ3v) is 6.63. The number of rotatable bonds is 6. The first-order valence-electron chi connectivity index (χ1n) is 10.4. The molecule has 4 rings (SSSR count). The highest BCUT2D eigenvalue weighted by Crippen LogP contribution is 2.37. The van der Waals surface area contributed by atoms with Crippen LogP contribution in [0.5, 0.6) is 0 Å². The summed E-state index contributed by atoms with van der Waals surface area (Å²) in [5, 5.41) is 13.2. The van der Waals surface area contributed by atoms with Gasteiger partial charge in [0.05, 0.1) is 11.7 Å². The molecule has 0 bridgehead atoms. The van der Waals surface area contributed by atoms with Crippen LogP contribution in [0.3, 0.4) is 0 Å². The molecule has 0 atom stereocenters. The first kappa shape index (κ1) is 21.4. The molecule has 0 radical (unpaired) electrons. The minimum atomic E-state index is -0.479. The van der Waals surface area contributed by atoms with E-state index in [1.165, 1.54) is 23.9 Å². The van der Waals surface area contributed by atoms with Crippen LogP contribution in [0.4, 0.5) is 10.1 Å². The van der Waals surface area contributed by atoms with Gasteiger partial charge in [0.1, 0.15) is 5.82 Å². The zero-order valence-electron chi connectivity index (χ0n) is 17.1. The van der Waals surface area contributed by atoms with Gasteiger partial charge < -0.3 is 16.2 Å². The van der Waals surface area contributed by atoms with Crippen LogP contribution in [0.1, 0.15) is 36.0 Å². The largest absolute Gasteiger partial charge is 0.393 e. The molecule has 3 aromatic rings. The highest BCUT2D eigenvalue weighted by molar-refractivity contribution is 7.99. The minimum absolute atomic E-state index is 0.189. The second kappa shape index (κ2) is 9.54. The number of carbonyl (C=O) groups excluding carboxylic acids is 1. The molecule has 0 heterocycles. The molecule has 1 amide bonds. The summed E-state index contributed by atoms with van der Waals surface area (Å²) in [5.41, 5.74) is 8.72. The lowest BCUT2D eigenvalue weighted by Crippen LogP contribution is -2.29. The number of hydrogen-bond acceptors (Lipinski definition) is 4. The summed E-state index contributed by atoms with van der Waals surface area (Å²) in [6, 6.07) is 20.2. The van der Waals surface area contributed by atoms with E-state index in [9.17, 15) is 14.3 Å². The smallest absolute Gasteiger partial charge is 0.250 e. The fourth-order valence-corrected chi connectivity index (χ4v) is 4.95. The van der Waals surface area contributed by atoms with E-state index in [-0.39, 0.29) is 18.0 Å². The quantitative estimate of drug-likeness (QED) is 0.480. The predicted octanol–water partition coefficient (Wildman–Crippen LogP) is 5.46. The van der Waals surface area contributed by atoms with Crippen molar-refractivity contribution in [1.82, 2.24) is 0 Å². The van der Waals surface area contributed by atoms with Gasteiger partial charge in [-0.3, -0.25) is 4.79 Å². The van der Waals surface area contributed by atoms with Gasteiger partial charge in [0.25, 0.3) is 5.91 Å². The Morgan fingerprint density at radius 3 is 2.52 bits per heavy atom. The van der Waals surface area contributed by atoms with E-state index in [1.807, 2.05) is 42.5 Å². The van der Waals surface area contributed by atoms with Gasteiger partial charge in [-0.15, -0.1) is 0 Å². The van der Waals surface area contributed by atoms with E-state index in [1.54, 1.807) is 12.1 Å². The van der Waals surface area contributed by atoms with Crippen LogP contribution in [0.25, 0.3) is 11.1 Å². The standard InChI is InChI=1S/C25H25FN2O2S/c26-17-4-3-5-20(15-17)31-24-7-2-1-6-21(24)16-8-13-22(25(27)30)23(14-16)28-18-9-11-19(29)12-10-18/h1-8,13-15,18-19,28-29H,9-12H2,(H2,27,30)/t18-,19-. The Morgan fingerprint density at radius 1 is 1.00 bits per heavy atom. The third-order valence-electron chi connectivity index (χ3n) is 5.56. The maximum Gasteiger partial charge on any atom is 0.250 e. The minimum Gasteiger partial charge on any atom is -0.393 e. The van der Waals surface area contributed by atoms with E-state index < -0.39 is 5.91 Å². The summed E-state index contributed by atoms with van der Waals surface area (Å²) in [6.07, 6.45) is 2.93. The second-order valence-electron chi connectivity index (χ2n) is 7.83. The van der Waals surface area contributed by atoms with Crippen LogP contribution < -0.4 is 11.1 Å². The van der Waals surface area contributed by atoms with E-state index in [0.29, 0.717) is 11.3 Å².